The maximum atomic E-state index is 13.2. The first-order chi connectivity index (χ1) is 12.8. The van der Waals surface area contributed by atoms with Crippen LogP contribution in [0.15, 0.2) is 53.4 Å². The van der Waals surface area contributed by atoms with Crippen molar-refractivity contribution in [1.82, 2.24) is 20.3 Å². The van der Waals surface area contributed by atoms with Crippen LogP contribution in [0.25, 0.3) is 0 Å². The Bertz CT molecular complexity index is 840. The first-order valence-electron chi connectivity index (χ1n) is 8.82. The molecule has 2 aromatic heterocycles. The van der Waals surface area contributed by atoms with Gasteiger partial charge < -0.3 is 10.2 Å². The molecule has 0 unspecified atom stereocenters. The van der Waals surface area contributed by atoms with Gasteiger partial charge in [0.1, 0.15) is 0 Å². The van der Waals surface area contributed by atoms with Gasteiger partial charge >= 0.3 is 0 Å². The van der Waals surface area contributed by atoms with Crippen LogP contribution in [0.4, 0.5) is 5.69 Å². The molecule has 1 aromatic carbocycles. The van der Waals surface area contributed by atoms with Crippen LogP contribution in [0.3, 0.4) is 0 Å². The van der Waals surface area contributed by atoms with Crippen molar-refractivity contribution >= 4 is 22.9 Å². The summed E-state index contributed by atoms with van der Waals surface area (Å²) < 4.78 is 1.85. The van der Waals surface area contributed by atoms with Gasteiger partial charge in [0.2, 0.25) is 0 Å². The highest BCUT2D eigenvalue weighted by atomic mass is 32.1. The Labute approximate surface area is 156 Å². The number of nitrogens with one attached hydrogen (secondary N) is 1. The van der Waals surface area contributed by atoms with Crippen LogP contribution in [0.2, 0.25) is 0 Å². The molecular weight excluding hydrogens is 346 g/mol. The Balaban J connectivity index is 1.59. The normalized spacial score (nSPS) is 15.1. The van der Waals surface area contributed by atoms with Crippen LogP contribution in [-0.2, 0) is 6.54 Å². The molecule has 4 rings (SSSR count). The average Bonchev–Trinajstić information content (AvgIpc) is 3.39. The number of rotatable bonds is 5. The lowest BCUT2D eigenvalue weighted by molar-refractivity contribution is 0.0980. The molecule has 1 amide bonds. The quantitative estimate of drug-likeness (QED) is 0.753. The van der Waals surface area contributed by atoms with E-state index in [0.29, 0.717) is 18.3 Å². The summed E-state index contributed by atoms with van der Waals surface area (Å²) in [7, 11) is 0. The van der Waals surface area contributed by atoms with Gasteiger partial charge in [0.25, 0.3) is 5.91 Å². The van der Waals surface area contributed by atoms with Crippen molar-refractivity contribution in [2.24, 2.45) is 0 Å². The summed E-state index contributed by atoms with van der Waals surface area (Å²) in [5.41, 5.74) is 2.36. The number of carbonyl (C=O) groups is 1. The van der Waals surface area contributed by atoms with E-state index in [1.165, 1.54) is 0 Å². The van der Waals surface area contributed by atoms with Crippen LogP contribution in [0.1, 0.15) is 34.9 Å². The summed E-state index contributed by atoms with van der Waals surface area (Å²) in [5.74, 6) is -0.123. The average molecular weight is 367 g/mol. The van der Waals surface area contributed by atoms with E-state index < -0.39 is 0 Å². The molecule has 1 fully saturated rings. The fourth-order valence-corrected chi connectivity index (χ4v) is 3.88. The van der Waals surface area contributed by atoms with E-state index in [0.717, 1.165) is 37.2 Å². The third-order valence-electron chi connectivity index (χ3n) is 4.65. The second kappa shape index (κ2) is 7.80. The minimum atomic E-state index is -0.123. The van der Waals surface area contributed by atoms with Crippen LogP contribution in [0.5, 0.6) is 0 Å². The molecule has 1 aliphatic heterocycles. The van der Waals surface area contributed by atoms with Crippen molar-refractivity contribution in [1.29, 1.82) is 0 Å². The van der Waals surface area contributed by atoms with Crippen LogP contribution < -0.4 is 10.2 Å². The van der Waals surface area contributed by atoms with E-state index in [-0.39, 0.29) is 5.91 Å². The molecule has 3 heterocycles. The van der Waals surface area contributed by atoms with Gasteiger partial charge in [-0.05, 0) is 60.5 Å². The molecule has 1 N–H and O–H groups in total. The SMILES string of the molecule is O=C(c1cn(C2CCNCC2)nn1)N(Cc1ccsc1)c1ccccc1. The van der Waals surface area contributed by atoms with Gasteiger partial charge in [-0.2, -0.15) is 11.3 Å². The van der Waals surface area contributed by atoms with Gasteiger partial charge in [0, 0.05) is 5.69 Å². The fourth-order valence-electron chi connectivity index (χ4n) is 3.22. The number of amides is 1. The van der Waals surface area contributed by atoms with Crippen molar-refractivity contribution in [3.05, 3.63) is 64.6 Å². The summed E-state index contributed by atoms with van der Waals surface area (Å²) in [6.45, 7) is 2.47. The topological polar surface area (TPSA) is 63.1 Å². The van der Waals surface area contributed by atoms with E-state index in [1.807, 2.05) is 46.5 Å². The lowest BCUT2D eigenvalue weighted by Crippen LogP contribution is -2.31. The summed E-state index contributed by atoms with van der Waals surface area (Å²) >= 11 is 1.63. The van der Waals surface area contributed by atoms with E-state index in [9.17, 15) is 4.79 Å². The lowest BCUT2D eigenvalue weighted by Gasteiger charge is -2.22. The molecule has 1 saturated heterocycles. The molecule has 7 heteroatoms. The van der Waals surface area contributed by atoms with E-state index in [1.54, 1.807) is 22.4 Å². The number of aromatic nitrogens is 3. The van der Waals surface area contributed by atoms with Crippen LogP contribution >= 0.6 is 11.3 Å². The standard InChI is InChI=1S/C19H21N5OS/c25-19(18-13-24(22-21-18)17-6-9-20-10-7-17)23(12-15-8-11-26-14-15)16-4-2-1-3-5-16/h1-5,8,11,13-14,17,20H,6-7,9-10,12H2. The number of nitrogens with zero attached hydrogens (tertiary/aromatic N) is 4. The first kappa shape index (κ1) is 16.9. The molecule has 0 radical (unpaired) electrons. The van der Waals surface area contributed by atoms with Crippen LogP contribution in [0, 0.1) is 0 Å². The first-order valence-corrected chi connectivity index (χ1v) is 9.76. The van der Waals surface area contributed by atoms with Crippen molar-refractivity contribution in [3.8, 4) is 0 Å². The lowest BCUT2D eigenvalue weighted by atomic mass is 10.1. The Hall–Kier alpha value is -2.51. The number of benzene rings is 1. The monoisotopic (exact) mass is 367 g/mol. The zero-order valence-corrected chi connectivity index (χ0v) is 15.2. The van der Waals surface area contributed by atoms with Crippen molar-refractivity contribution in [2.45, 2.75) is 25.4 Å². The molecule has 134 valence electrons. The summed E-state index contributed by atoms with van der Waals surface area (Å²) in [5, 5.41) is 15.8. The molecule has 0 saturated carbocycles. The predicted molar refractivity (Wildman–Crippen MR) is 102 cm³/mol. The fraction of sp³-hybridized carbons (Fsp3) is 0.316. The molecule has 6 nitrogen and oxygen atoms in total. The third-order valence-corrected chi connectivity index (χ3v) is 5.38. The highest BCUT2D eigenvalue weighted by Crippen LogP contribution is 2.22. The summed E-state index contributed by atoms with van der Waals surface area (Å²) in [6, 6.07) is 12.1. The zero-order chi connectivity index (χ0) is 17.8. The smallest absolute Gasteiger partial charge is 0.280 e. The van der Waals surface area contributed by atoms with Crippen LogP contribution in [-0.4, -0.2) is 34.0 Å². The zero-order valence-electron chi connectivity index (χ0n) is 14.4. The van der Waals surface area contributed by atoms with Gasteiger partial charge in [-0.3, -0.25) is 4.79 Å². The second-order valence-electron chi connectivity index (χ2n) is 6.42. The number of hydrogen-bond acceptors (Lipinski definition) is 5. The Morgan fingerprint density at radius 2 is 2.04 bits per heavy atom. The Morgan fingerprint density at radius 1 is 1.23 bits per heavy atom. The van der Waals surface area contributed by atoms with Gasteiger partial charge in [-0.25, -0.2) is 4.68 Å². The number of para-hydroxylation sites is 1. The highest BCUT2D eigenvalue weighted by molar-refractivity contribution is 7.07. The number of piperidine rings is 1. The van der Waals surface area contributed by atoms with Gasteiger partial charge in [-0.1, -0.05) is 23.4 Å². The van der Waals surface area contributed by atoms with Crippen molar-refractivity contribution in [3.63, 3.8) is 0 Å². The van der Waals surface area contributed by atoms with E-state index in [2.05, 4.69) is 21.0 Å². The highest BCUT2D eigenvalue weighted by Gasteiger charge is 2.23. The Kier molecular flexibility index (Phi) is 5.08. The molecule has 26 heavy (non-hydrogen) atoms. The maximum absolute atomic E-state index is 13.2. The largest absolute Gasteiger partial charge is 0.317 e. The van der Waals surface area contributed by atoms with Crippen molar-refractivity contribution in [2.75, 3.05) is 18.0 Å². The summed E-state index contributed by atoms with van der Waals surface area (Å²) in [4.78, 5) is 14.9. The second-order valence-corrected chi connectivity index (χ2v) is 7.20. The minimum Gasteiger partial charge on any atom is -0.317 e. The number of thiophene rings is 1. The molecule has 3 aromatic rings. The van der Waals surface area contributed by atoms with Gasteiger partial charge in [-0.15, -0.1) is 5.10 Å². The molecule has 0 aliphatic carbocycles. The van der Waals surface area contributed by atoms with E-state index in [4.69, 9.17) is 0 Å². The molecule has 0 bridgehead atoms. The van der Waals surface area contributed by atoms with Gasteiger partial charge in [0.05, 0.1) is 18.8 Å². The van der Waals surface area contributed by atoms with Crippen molar-refractivity contribution < 1.29 is 4.79 Å². The van der Waals surface area contributed by atoms with Gasteiger partial charge in [0.15, 0.2) is 5.69 Å². The minimum absolute atomic E-state index is 0.123. The Morgan fingerprint density at radius 3 is 2.77 bits per heavy atom. The number of hydrogen-bond donors (Lipinski definition) is 1. The number of anilines is 1. The van der Waals surface area contributed by atoms with E-state index >= 15 is 0 Å². The summed E-state index contributed by atoms with van der Waals surface area (Å²) in [6.07, 6.45) is 3.81. The molecule has 1 aliphatic rings. The maximum Gasteiger partial charge on any atom is 0.280 e. The molecule has 0 spiro atoms. The number of carbonyl (C=O) groups excluding carboxylic acids is 1. The molecule has 0 atom stereocenters. The molecular formula is C19H21N5OS. The predicted octanol–water partition coefficient (Wildman–Crippen LogP) is 3.11. The third kappa shape index (κ3) is 3.68.